The second-order valence-corrected chi connectivity index (χ2v) is 8.38. The van der Waals surface area contributed by atoms with Crippen LogP contribution in [0.3, 0.4) is 0 Å². The van der Waals surface area contributed by atoms with Crippen LogP contribution in [0.15, 0.2) is 95.4 Å². The molecule has 1 saturated heterocycles. The first-order valence-electron chi connectivity index (χ1n) is 11.7. The van der Waals surface area contributed by atoms with Crippen molar-refractivity contribution in [2.75, 3.05) is 37.7 Å². The first-order valence-corrected chi connectivity index (χ1v) is 11.7. The Morgan fingerprint density at radius 1 is 0.857 bits per heavy atom. The van der Waals surface area contributed by atoms with Crippen LogP contribution in [0.4, 0.5) is 5.69 Å². The molecule has 1 aliphatic rings. The molecule has 0 unspecified atom stereocenters. The highest BCUT2D eigenvalue weighted by atomic mass is 16.5. The molecular formula is C29H26N2O4. The Kier molecular flexibility index (Phi) is 6.61. The van der Waals surface area contributed by atoms with E-state index in [-0.39, 0.29) is 24.1 Å². The minimum Gasteiger partial charge on any atom is -0.483 e. The van der Waals surface area contributed by atoms with E-state index in [2.05, 4.69) is 17.0 Å². The van der Waals surface area contributed by atoms with Crippen molar-refractivity contribution in [1.82, 2.24) is 4.90 Å². The number of amides is 1. The van der Waals surface area contributed by atoms with Crippen LogP contribution >= 0.6 is 0 Å². The van der Waals surface area contributed by atoms with Crippen molar-refractivity contribution >= 4 is 34.4 Å². The number of hydrogen-bond donors (Lipinski definition) is 0. The van der Waals surface area contributed by atoms with Gasteiger partial charge in [0.05, 0.1) is 0 Å². The summed E-state index contributed by atoms with van der Waals surface area (Å²) >= 11 is 0. The van der Waals surface area contributed by atoms with Gasteiger partial charge in [-0.25, -0.2) is 0 Å². The molecular weight excluding hydrogens is 440 g/mol. The number of ketones is 1. The van der Waals surface area contributed by atoms with Gasteiger partial charge < -0.3 is 19.0 Å². The van der Waals surface area contributed by atoms with Crippen molar-refractivity contribution < 1.29 is 18.7 Å². The topological polar surface area (TPSA) is 63.0 Å². The number of para-hydroxylation sites is 3. The van der Waals surface area contributed by atoms with Crippen molar-refractivity contribution in [1.29, 1.82) is 0 Å². The Morgan fingerprint density at radius 3 is 2.37 bits per heavy atom. The van der Waals surface area contributed by atoms with Crippen molar-refractivity contribution in [3.05, 3.63) is 102 Å². The number of hydrogen-bond acceptors (Lipinski definition) is 5. The van der Waals surface area contributed by atoms with Crippen molar-refractivity contribution in [3.8, 4) is 5.75 Å². The molecule has 6 nitrogen and oxygen atoms in total. The molecule has 1 fully saturated rings. The van der Waals surface area contributed by atoms with E-state index in [9.17, 15) is 9.59 Å². The molecule has 1 aromatic heterocycles. The van der Waals surface area contributed by atoms with Gasteiger partial charge in [-0.15, -0.1) is 0 Å². The van der Waals surface area contributed by atoms with Gasteiger partial charge in [0, 0.05) is 42.8 Å². The van der Waals surface area contributed by atoms with Gasteiger partial charge in [-0.3, -0.25) is 9.59 Å². The van der Waals surface area contributed by atoms with Crippen LogP contribution in [0.25, 0.3) is 17.0 Å². The summed E-state index contributed by atoms with van der Waals surface area (Å²) in [6.07, 6.45) is 3.15. The van der Waals surface area contributed by atoms with Gasteiger partial charge in [-0.05, 0) is 42.5 Å². The molecule has 4 aromatic rings. The Bertz CT molecular complexity index is 1320. The predicted molar refractivity (Wildman–Crippen MR) is 137 cm³/mol. The first-order chi connectivity index (χ1) is 17.2. The Labute approximate surface area is 204 Å². The third-order valence-electron chi connectivity index (χ3n) is 6.11. The molecule has 0 atom stereocenters. The zero-order valence-corrected chi connectivity index (χ0v) is 19.3. The van der Waals surface area contributed by atoms with Crippen molar-refractivity contribution in [2.45, 2.75) is 0 Å². The summed E-state index contributed by atoms with van der Waals surface area (Å²) < 4.78 is 11.5. The largest absolute Gasteiger partial charge is 0.483 e. The number of allylic oxidation sites excluding steroid dienone is 1. The summed E-state index contributed by atoms with van der Waals surface area (Å²) in [6.45, 7) is 2.85. The van der Waals surface area contributed by atoms with Gasteiger partial charge in [0.2, 0.25) is 5.78 Å². The first kappa shape index (κ1) is 22.5. The second-order valence-electron chi connectivity index (χ2n) is 8.38. The minimum atomic E-state index is -0.233. The summed E-state index contributed by atoms with van der Waals surface area (Å²) in [4.78, 5) is 29.5. The van der Waals surface area contributed by atoms with Gasteiger partial charge in [0.15, 0.2) is 12.4 Å². The van der Waals surface area contributed by atoms with Gasteiger partial charge in [-0.2, -0.15) is 0 Å². The maximum atomic E-state index is 12.8. The zero-order chi connectivity index (χ0) is 24.0. The number of carbonyl (C=O) groups excluding carboxylic acids is 2. The van der Waals surface area contributed by atoms with E-state index < -0.39 is 0 Å². The van der Waals surface area contributed by atoms with E-state index >= 15 is 0 Å². The summed E-state index contributed by atoms with van der Waals surface area (Å²) in [5.41, 5.74) is 2.57. The molecule has 0 saturated carbocycles. The fraction of sp³-hybridized carbons (Fsp3) is 0.172. The molecule has 1 aliphatic heterocycles. The van der Waals surface area contributed by atoms with Gasteiger partial charge in [-0.1, -0.05) is 54.6 Å². The molecule has 2 heterocycles. The summed E-state index contributed by atoms with van der Waals surface area (Å²) in [5, 5.41) is 0.885. The van der Waals surface area contributed by atoms with E-state index in [0.717, 1.165) is 24.0 Å². The lowest BCUT2D eigenvalue weighted by atomic mass is 10.1. The van der Waals surface area contributed by atoms with Crippen LogP contribution in [0.2, 0.25) is 0 Å². The number of fused-ring (bicyclic) bond motifs is 1. The predicted octanol–water partition coefficient (Wildman–Crippen LogP) is 5.06. The fourth-order valence-corrected chi connectivity index (χ4v) is 4.18. The van der Waals surface area contributed by atoms with Crippen LogP contribution in [-0.4, -0.2) is 49.4 Å². The third-order valence-corrected chi connectivity index (χ3v) is 6.11. The van der Waals surface area contributed by atoms with Crippen LogP contribution in [0.1, 0.15) is 16.1 Å². The van der Waals surface area contributed by atoms with E-state index in [1.165, 1.54) is 11.8 Å². The molecule has 0 aliphatic carbocycles. The number of ether oxygens (including phenoxy) is 1. The lowest BCUT2D eigenvalue weighted by Crippen LogP contribution is -2.50. The summed E-state index contributed by atoms with van der Waals surface area (Å²) in [7, 11) is 0. The van der Waals surface area contributed by atoms with E-state index in [1.807, 2.05) is 65.6 Å². The molecule has 176 valence electrons. The van der Waals surface area contributed by atoms with Gasteiger partial charge in [0.1, 0.15) is 11.3 Å². The number of piperazine rings is 1. The highest BCUT2D eigenvalue weighted by Gasteiger charge is 2.21. The fourth-order valence-electron chi connectivity index (χ4n) is 4.18. The standard InChI is InChI=1S/C29H26N2O4/c32-25(28-20-23-9-5-7-13-27(23)35-28)15-14-22-8-4-6-12-26(22)34-21-29(33)31-18-16-30(17-19-31)24-10-2-1-3-11-24/h1-15,20H,16-19,21H2. The summed E-state index contributed by atoms with van der Waals surface area (Å²) in [5.74, 6) is 0.557. The molecule has 1 amide bonds. The summed E-state index contributed by atoms with van der Waals surface area (Å²) in [6, 6.07) is 26.8. The molecule has 5 rings (SSSR count). The maximum absolute atomic E-state index is 12.8. The molecule has 35 heavy (non-hydrogen) atoms. The normalized spacial score (nSPS) is 13.9. The van der Waals surface area contributed by atoms with Gasteiger partial charge in [0.25, 0.3) is 5.91 Å². The van der Waals surface area contributed by atoms with Gasteiger partial charge >= 0.3 is 0 Å². The highest BCUT2D eigenvalue weighted by molar-refractivity contribution is 6.07. The molecule has 0 radical (unpaired) electrons. The smallest absolute Gasteiger partial charge is 0.260 e. The van der Waals surface area contributed by atoms with E-state index in [4.69, 9.17) is 9.15 Å². The average molecular weight is 467 g/mol. The quantitative estimate of drug-likeness (QED) is 0.282. The Morgan fingerprint density at radius 2 is 1.57 bits per heavy atom. The number of rotatable bonds is 7. The third kappa shape index (κ3) is 5.27. The number of benzene rings is 3. The molecule has 0 bridgehead atoms. The number of nitrogens with zero attached hydrogens (tertiary/aromatic N) is 2. The number of carbonyl (C=O) groups is 2. The molecule has 6 heteroatoms. The monoisotopic (exact) mass is 466 g/mol. The molecule has 3 aromatic carbocycles. The minimum absolute atomic E-state index is 0.0464. The van der Waals surface area contributed by atoms with Crippen molar-refractivity contribution in [2.24, 2.45) is 0 Å². The van der Waals surface area contributed by atoms with E-state index in [0.29, 0.717) is 24.4 Å². The lowest BCUT2D eigenvalue weighted by molar-refractivity contribution is -0.133. The number of anilines is 1. The molecule has 0 spiro atoms. The SMILES string of the molecule is O=C(C=Cc1ccccc1OCC(=O)N1CCN(c2ccccc2)CC1)c1cc2ccccc2o1. The molecule has 0 N–H and O–H groups in total. The Hall–Kier alpha value is -4.32. The van der Waals surface area contributed by atoms with Crippen LogP contribution in [0, 0.1) is 0 Å². The van der Waals surface area contributed by atoms with Crippen LogP contribution in [0.5, 0.6) is 5.75 Å². The lowest BCUT2D eigenvalue weighted by Gasteiger charge is -2.36. The van der Waals surface area contributed by atoms with E-state index in [1.54, 1.807) is 18.2 Å². The van der Waals surface area contributed by atoms with Crippen LogP contribution < -0.4 is 9.64 Å². The Balaban J connectivity index is 1.18. The zero-order valence-electron chi connectivity index (χ0n) is 19.3. The second kappa shape index (κ2) is 10.3. The maximum Gasteiger partial charge on any atom is 0.260 e. The highest BCUT2D eigenvalue weighted by Crippen LogP contribution is 2.22. The van der Waals surface area contributed by atoms with Crippen LogP contribution in [-0.2, 0) is 4.79 Å². The average Bonchev–Trinajstić information content (AvgIpc) is 3.36. The van der Waals surface area contributed by atoms with Crippen molar-refractivity contribution in [3.63, 3.8) is 0 Å². The number of furan rings is 1.